The van der Waals surface area contributed by atoms with Crippen LogP contribution in [0.25, 0.3) is 0 Å². The van der Waals surface area contributed by atoms with Crippen LogP contribution in [0.3, 0.4) is 0 Å². The summed E-state index contributed by atoms with van der Waals surface area (Å²) in [6, 6.07) is 0. The molecule has 2 heteroatoms. The zero-order valence-corrected chi connectivity index (χ0v) is 23.5. The quantitative estimate of drug-likeness (QED) is 0.286. The lowest BCUT2D eigenvalue weighted by Crippen LogP contribution is -2.64. The highest BCUT2D eigenvalue weighted by Crippen LogP contribution is 2.75. The van der Waals surface area contributed by atoms with Gasteiger partial charge in [0.15, 0.2) is 0 Å². The molecule has 3 fully saturated rings. The van der Waals surface area contributed by atoms with Crippen LogP contribution in [0.1, 0.15) is 114 Å². The molecule has 9 atom stereocenters. The molecule has 5 aliphatic carbocycles. The minimum absolute atomic E-state index is 0.0375. The minimum Gasteiger partial charge on any atom is -0.462 e. The van der Waals surface area contributed by atoms with Crippen molar-refractivity contribution in [3.05, 3.63) is 23.3 Å². The molecule has 0 bridgehead atoms. The Morgan fingerprint density at radius 1 is 0.941 bits per heavy atom. The van der Waals surface area contributed by atoms with Gasteiger partial charge in [-0.25, -0.2) is 0 Å². The van der Waals surface area contributed by atoms with Crippen molar-refractivity contribution in [3.63, 3.8) is 0 Å². The second-order valence-corrected chi connectivity index (χ2v) is 14.8. The standard InChI is InChI=1S/C32H50O2/c1-20-12-15-29(6)18-19-31(8)23(27(29)21(20)2)10-11-25-30(7)16-14-26(34-22(3)33)28(4,5)24(30)13-17-32(25,31)9/h10,12,21,24-27H,11,13-19H2,1-9H3. The van der Waals surface area contributed by atoms with Gasteiger partial charge in [0.25, 0.3) is 0 Å². The molecule has 190 valence electrons. The van der Waals surface area contributed by atoms with Gasteiger partial charge in [-0.15, -0.1) is 0 Å². The van der Waals surface area contributed by atoms with E-state index in [1.807, 2.05) is 5.57 Å². The molecule has 5 aliphatic rings. The Hall–Kier alpha value is -1.05. The topological polar surface area (TPSA) is 26.3 Å². The lowest BCUT2D eigenvalue weighted by atomic mass is 9.33. The van der Waals surface area contributed by atoms with Crippen LogP contribution >= 0.6 is 0 Å². The number of rotatable bonds is 1. The zero-order chi connectivity index (χ0) is 24.9. The summed E-state index contributed by atoms with van der Waals surface area (Å²) in [4.78, 5) is 11.9. The number of carbonyl (C=O) groups is 1. The van der Waals surface area contributed by atoms with Crippen molar-refractivity contribution in [2.24, 2.45) is 50.7 Å². The summed E-state index contributed by atoms with van der Waals surface area (Å²) in [6.45, 7) is 21.8. The van der Waals surface area contributed by atoms with Crippen molar-refractivity contribution < 1.29 is 9.53 Å². The van der Waals surface area contributed by atoms with Crippen molar-refractivity contribution in [3.8, 4) is 0 Å². The van der Waals surface area contributed by atoms with Gasteiger partial charge in [-0.2, -0.15) is 0 Å². The molecule has 0 radical (unpaired) electrons. The second kappa shape index (κ2) is 7.48. The van der Waals surface area contributed by atoms with E-state index >= 15 is 0 Å². The molecule has 9 unspecified atom stereocenters. The number of carbonyl (C=O) groups excluding carboxylic acids is 1. The average molecular weight is 467 g/mol. The smallest absolute Gasteiger partial charge is 0.302 e. The van der Waals surface area contributed by atoms with Gasteiger partial charge in [-0.1, -0.05) is 71.8 Å². The van der Waals surface area contributed by atoms with E-state index in [9.17, 15) is 4.79 Å². The number of ether oxygens (including phenoxy) is 1. The molecule has 0 saturated heterocycles. The maximum absolute atomic E-state index is 11.9. The van der Waals surface area contributed by atoms with E-state index in [1.165, 1.54) is 44.9 Å². The normalized spacial score (nSPS) is 51.6. The predicted octanol–water partition coefficient (Wildman–Crippen LogP) is 8.52. The van der Waals surface area contributed by atoms with Crippen molar-refractivity contribution in [1.29, 1.82) is 0 Å². The summed E-state index contributed by atoms with van der Waals surface area (Å²) >= 11 is 0. The molecule has 0 aromatic rings. The number of hydrogen-bond donors (Lipinski definition) is 0. The summed E-state index contributed by atoms with van der Waals surface area (Å²) in [6.07, 6.45) is 15.4. The Bertz CT molecular complexity index is 941. The van der Waals surface area contributed by atoms with E-state index in [4.69, 9.17) is 4.74 Å². The van der Waals surface area contributed by atoms with Gasteiger partial charge in [0.2, 0.25) is 0 Å². The molecule has 0 aliphatic heterocycles. The van der Waals surface area contributed by atoms with Gasteiger partial charge in [0.1, 0.15) is 6.10 Å². The van der Waals surface area contributed by atoms with Crippen LogP contribution in [-0.4, -0.2) is 12.1 Å². The zero-order valence-electron chi connectivity index (χ0n) is 23.5. The van der Waals surface area contributed by atoms with Crippen LogP contribution in [0.15, 0.2) is 23.3 Å². The van der Waals surface area contributed by atoms with Crippen molar-refractivity contribution >= 4 is 5.97 Å². The lowest BCUT2D eigenvalue weighted by molar-refractivity contribution is -0.211. The Morgan fingerprint density at radius 2 is 1.65 bits per heavy atom. The third-order valence-corrected chi connectivity index (χ3v) is 13.2. The molecule has 3 saturated carbocycles. The molecule has 0 spiro atoms. The van der Waals surface area contributed by atoms with Gasteiger partial charge in [0, 0.05) is 12.3 Å². The molecular weight excluding hydrogens is 416 g/mol. The van der Waals surface area contributed by atoms with Crippen molar-refractivity contribution in [1.82, 2.24) is 0 Å². The maximum atomic E-state index is 11.9. The maximum Gasteiger partial charge on any atom is 0.302 e. The number of allylic oxidation sites excluding steroid dienone is 4. The van der Waals surface area contributed by atoms with Crippen molar-refractivity contribution in [2.75, 3.05) is 0 Å². The van der Waals surface area contributed by atoms with E-state index in [-0.39, 0.29) is 17.5 Å². The van der Waals surface area contributed by atoms with Crippen LogP contribution in [0.4, 0.5) is 0 Å². The fourth-order valence-electron chi connectivity index (χ4n) is 10.8. The summed E-state index contributed by atoms with van der Waals surface area (Å²) in [5.74, 6) is 2.58. The molecule has 0 amide bonds. The van der Waals surface area contributed by atoms with Crippen LogP contribution < -0.4 is 0 Å². The van der Waals surface area contributed by atoms with Gasteiger partial charge < -0.3 is 4.74 Å². The van der Waals surface area contributed by atoms with E-state index in [0.29, 0.717) is 45.3 Å². The summed E-state index contributed by atoms with van der Waals surface area (Å²) in [5, 5.41) is 0. The largest absolute Gasteiger partial charge is 0.462 e. The van der Waals surface area contributed by atoms with E-state index < -0.39 is 0 Å². The van der Waals surface area contributed by atoms with Crippen LogP contribution in [0.2, 0.25) is 0 Å². The Morgan fingerprint density at radius 3 is 2.32 bits per heavy atom. The van der Waals surface area contributed by atoms with Gasteiger partial charge >= 0.3 is 5.97 Å². The van der Waals surface area contributed by atoms with Crippen molar-refractivity contribution in [2.45, 2.75) is 120 Å². The molecule has 34 heavy (non-hydrogen) atoms. The first kappa shape index (κ1) is 24.6. The van der Waals surface area contributed by atoms with E-state index in [1.54, 1.807) is 12.5 Å². The summed E-state index contributed by atoms with van der Waals surface area (Å²) in [5.41, 5.74) is 4.87. The summed E-state index contributed by atoms with van der Waals surface area (Å²) in [7, 11) is 0. The fraction of sp³-hybridized carbons (Fsp3) is 0.844. The van der Waals surface area contributed by atoms with Gasteiger partial charge in [0.05, 0.1) is 0 Å². The molecule has 0 N–H and O–H groups in total. The first-order chi connectivity index (χ1) is 15.7. The average Bonchev–Trinajstić information content (AvgIpc) is 2.74. The van der Waals surface area contributed by atoms with Crippen LogP contribution in [0, 0.1) is 50.7 Å². The Labute approximate surface area is 209 Å². The Balaban J connectivity index is 1.55. The third kappa shape index (κ3) is 3.02. The molecule has 0 aromatic carbocycles. The molecule has 5 rings (SSSR count). The number of hydrogen-bond acceptors (Lipinski definition) is 2. The molecule has 0 heterocycles. The summed E-state index contributed by atoms with van der Waals surface area (Å²) < 4.78 is 5.90. The fourth-order valence-corrected chi connectivity index (χ4v) is 10.8. The number of esters is 1. The molecule has 0 aromatic heterocycles. The van der Waals surface area contributed by atoms with E-state index in [2.05, 4.69) is 67.5 Å². The monoisotopic (exact) mass is 466 g/mol. The van der Waals surface area contributed by atoms with Crippen LogP contribution in [0.5, 0.6) is 0 Å². The first-order valence-electron chi connectivity index (χ1n) is 14.3. The molecule has 2 nitrogen and oxygen atoms in total. The third-order valence-electron chi connectivity index (χ3n) is 13.2. The Kier molecular flexibility index (Phi) is 5.42. The second-order valence-electron chi connectivity index (χ2n) is 14.8. The van der Waals surface area contributed by atoms with Crippen LogP contribution in [-0.2, 0) is 9.53 Å². The highest BCUT2D eigenvalue weighted by molar-refractivity contribution is 5.66. The SMILES string of the molecule is CC(=O)OC1CCC2(C)C(CCC3(C)C2CC=C2C4C(C)C(C)=CCC4(C)CCC23C)C1(C)C. The molecular formula is C32H50O2. The van der Waals surface area contributed by atoms with E-state index in [0.717, 1.165) is 6.42 Å². The first-order valence-corrected chi connectivity index (χ1v) is 14.3. The van der Waals surface area contributed by atoms with Gasteiger partial charge in [-0.3, -0.25) is 4.79 Å². The van der Waals surface area contributed by atoms with Gasteiger partial charge in [-0.05, 0) is 104 Å². The number of fused-ring (bicyclic) bond motifs is 7. The highest BCUT2D eigenvalue weighted by atomic mass is 16.5. The highest BCUT2D eigenvalue weighted by Gasteiger charge is 2.68. The lowest BCUT2D eigenvalue weighted by Gasteiger charge is -2.71. The minimum atomic E-state index is -0.115. The predicted molar refractivity (Wildman–Crippen MR) is 140 cm³/mol.